The van der Waals surface area contributed by atoms with Crippen LogP contribution in [0.25, 0.3) is 0 Å². The predicted octanol–water partition coefficient (Wildman–Crippen LogP) is 3.36. The number of halogens is 1. The minimum absolute atomic E-state index is 0.195. The third kappa shape index (κ3) is 4.95. The van der Waals surface area contributed by atoms with Crippen LogP contribution in [-0.2, 0) is 27.9 Å². The highest BCUT2D eigenvalue weighted by Crippen LogP contribution is 2.23. The quantitative estimate of drug-likeness (QED) is 0.875. The second kappa shape index (κ2) is 7.73. The summed E-state index contributed by atoms with van der Waals surface area (Å²) in [6, 6.07) is 13.3. The second-order valence-corrected chi connectivity index (χ2v) is 8.13. The molecular weight excluding hydrogens is 326 g/mol. The fourth-order valence-electron chi connectivity index (χ4n) is 1.74. The van der Waals surface area contributed by atoms with Crippen molar-refractivity contribution in [1.82, 2.24) is 5.32 Å². The minimum Gasteiger partial charge on any atom is -0.351 e. The van der Waals surface area contributed by atoms with Crippen LogP contribution in [0.5, 0.6) is 0 Å². The molecule has 2 atom stereocenters. The lowest BCUT2D eigenvalue weighted by molar-refractivity contribution is -0.120. The number of carbonyl (C=O) groups excluding carboxylic acids is 1. The summed E-state index contributed by atoms with van der Waals surface area (Å²) in [4.78, 5) is 13.0. The number of hydrogen-bond acceptors (Lipinski definition) is 3. The first kappa shape index (κ1) is 16.2. The van der Waals surface area contributed by atoms with Crippen LogP contribution < -0.4 is 5.32 Å². The number of carbonyl (C=O) groups is 1. The summed E-state index contributed by atoms with van der Waals surface area (Å²) < 4.78 is 12.9. The Morgan fingerprint density at radius 1 is 1.29 bits per heavy atom. The molecule has 0 aliphatic heterocycles. The SMILES string of the molecule is CC(C(=O)NCc1ccccc1)S(=O)Cc1ccc(Cl)s1. The van der Waals surface area contributed by atoms with E-state index >= 15 is 0 Å². The van der Waals surface area contributed by atoms with Crippen LogP contribution in [-0.4, -0.2) is 15.4 Å². The van der Waals surface area contributed by atoms with Gasteiger partial charge in [0.15, 0.2) is 0 Å². The minimum atomic E-state index is -1.25. The lowest BCUT2D eigenvalue weighted by atomic mass is 10.2. The molecule has 0 fully saturated rings. The van der Waals surface area contributed by atoms with Crippen molar-refractivity contribution in [2.45, 2.75) is 24.5 Å². The molecule has 3 nitrogen and oxygen atoms in total. The van der Waals surface area contributed by atoms with E-state index in [1.54, 1.807) is 13.0 Å². The molecule has 112 valence electrons. The first-order valence-corrected chi connectivity index (χ1v) is 9.07. The maximum atomic E-state index is 12.2. The van der Waals surface area contributed by atoms with E-state index in [1.807, 2.05) is 36.4 Å². The van der Waals surface area contributed by atoms with Gasteiger partial charge in [-0.3, -0.25) is 9.00 Å². The molecular formula is C15H16ClNO2S2. The summed E-state index contributed by atoms with van der Waals surface area (Å²) in [5.74, 6) is 0.164. The van der Waals surface area contributed by atoms with Crippen molar-refractivity contribution in [3.8, 4) is 0 Å². The zero-order valence-corrected chi connectivity index (χ0v) is 13.9. The Kier molecular flexibility index (Phi) is 5.96. The van der Waals surface area contributed by atoms with Gasteiger partial charge in [-0.25, -0.2) is 0 Å². The molecule has 2 unspecified atom stereocenters. The van der Waals surface area contributed by atoms with Crippen LogP contribution in [0.3, 0.4) is 0 Å². The number of rotatable bonds is 6. The molecule has 2 aromatic rings. The first-order chi connectivity index (χ1) is 10.1. The maximum Gasteiger partial charge on any atom is 0.235 e. The largest absolute Gasteiger partial charge is 0.351 e. The molecule has 0 spiro atoms. The van der Waals surface area contributed by atoms with Gasteiger partial charge in [0.2, 0.25) is 5.91 Å². The molecule has 1 amide bonds. The average molecular weight is 342 g/mol. The zero-order chi connectivity index (χ0) is 15.2. The van der Waals surface area contributed by atoms with Crippen molar-refractivity contribution in [2.24, 2.45) is 0 Å². The van der Waals surface area contributed by atoms with E-state index in [0.29, 0.717) is 16.6 Å². The van der Waals surface area contributed by atoms with E-state index < -0.39 is 16.0 Å². The van der Waals surface area contributed by atoms with E-state index in [9.17, 15) is 9.00 Å². The number of hydrogen-bond donors (Lipinski definition) is 1. The van der Waals surface area contributed by atoms with Gasteiger partial charge in [-0.05, 0) is 24.6 Å². The summed E-state index contributed by atoms with van der Waals surface area (Å²) in [6.45, 7) is 2.14. The summed E-state index contributed by atoms with van der Waals surface area (Å²) in [5.41, 5.74) is 1.02. The third-order valence-corrected chi connectivity index (χ3v) is 6.00. The van der Waals surface area contributed by atoms with Crippen LogP contribution in [0.2, 0.25) is 4.34 Å². The molecule has 21 heavy (non-hydrogen) atoms. The summed E-state index contributed by atoms with van der Waals surface area (Å²) in [7, 11) is -1.25. The van der Waals surface area contributed by atoms with Gasteiger partial charge in [0, 0.05) is 22.2 Å². The maximum absolute atomic E-state index is 12.2. The van der Waals surface area contributed by atoms with Crippen molar-refractivity contribution in [2.75, 3.05) is 0 Å². The molecule has 2 rings (SSSR count). The number of benzene rings is 1. The highest BCUT2D eigenvalue weighted by molar-refractivity contribution is 7.85. The van der Waals surface area contributed by atoms with Gasteiger partial charge in [0.1, 0.15) is 5.25 Å². The van der Waals surface area contributed by atoms with Crippen LogP contribution in [0.4, 0.5) is 0 Å². The molecule has 0 radical (unpaired) electrons. The lowest BCUT2D eigenvalue weighted by Gasteiger charge is -2.11. The van der Waals surface area contributed by atoms with Crippen molar-refractivity contribution >= 4 is 39.6 Å². The van der Waals surface area contributed by atoms with Crippen molar-refractivity contribution in [3.63, 3.8) is 0 Å². The Balaban J connectivity index is 1.85. The van der Waals surface area contributed by atoms with Crippen LogP contribution >= 0.6 is 22.9 Å². The third-order valence-electron chi connectivity index (χ3n) is 2.99. The zero-order valence-electron chi connectivity index (χ0n) is 11.5. The predicted molar refractivity (Wildman–Crippen MR) is 88.9 cm³/mol. The molecule has 1 heterocycles. The number of nitrogens with one attached hydrogen (secondary N) is 1. The molecule has 0 saturated carbocycles. The number of amides is 1. The van der Waals surface area contributed by atoms with Crippen molar-refractivity contribution in [1.29, 1.82) is 0 Å². The second-order valence-electron chi connectivity index (χ2n) is 4.58. The molecule has 1 aromatic carbocycles. The van der Waals surface area contributed by atoms with Crippen LogP contribution in [0, 0.1) is 0 Å². The molecule has 1 aromatic heterocycles. The Bertz CT molecular complexity index is 628. The standard InChI is InChI=1S/C15H16ClNO2S2/c1-11(21(19)10-13-7-8-14(16)20-13)15(18)17-9-12-5-3-2-4-6-12/h2-8,11H,9-10H2,1H3,(H,17,18). The highest BCUT2D eigenvalue weighted by Gasteiger charge is 2.20. The number of thiophene rings is 1. The fourth-order valence-corrected chi connectivity index (χ4v) is 4.16. The smallest absolute Gasteiger partial charge is 0.235 e. The van der Waals surface area contributed by atoms with E-state index in [0.717, 1.165) is 10.4 Å². The summed E-state index contributed by atoms with van der Waals surface area (Å²) in [6.07, 6.45) is 0. The van der Waals surface area contributed by atoms with Gasteiger partial charge in [-0.1, -0.05) is 41.9 Å². The van der Waals surface area contributed by atoms with E-state index in [1.165, 1.54) is 11.3 Å². The Hall–Kier alpha value is -1.17. The van der Waals surface area contributed by atoms with Crippen LogP contribution in [0.15, 0.2) is 42.5 Å². The molecule has 1 N–H and O–H groups in total. The lowest BCUT2D eigenvalue weighted by Crippen LogP contribution is -2.35. The highest BCUT2D eigenvalue weighted by atomic mass is 35.5. The monoisotopic (exact) mass is 341 g/mol. The summed E-state index contributed by atoms with van der Waals surface area (Å²) in [5, 5.41) is 2.27. The van der Waals surface area contributed by atoms with E-state index in [-0.39, 0.29) is 5.91 Å². The molecule has 0 bridgehead atoms. The molecule has 0 aliphatic carbocycles. The van der Waals surface area contributed by atoms with E-state index in [2.05, 4.69) is 5.32 Å². The topological polar surface area (TPSA) is 46.2 Å². The average Bonchev–Trinajstić information content (AvgIpc) is 2.90. The molecule has 0 saturated heterocycles. The van der Waals surface area contributed by atoms with Gasteiger partial charge in [0.25, 0.3) is 0 Å². The van der Waals surface area contributed by atoms with Gasteiger partial charge in [-0.2, -0.15) is 0 Å². The Morgan fingerprint density at radius 2 is 2.00 bits per heavy atom. The van der Waals surface area contributed by atoms with Gasteiger partial charge < -0.3 is 5.32 Å². The Labute approximate surface area is 135 Å². The first-order valence-electron chi connectivity index (χ1n) is 6.49. The van der Waals surface area contributed by atoms with Crippen molar-refractivity contribution < 1.29 is 9.00 Å². The van der Waals surface area contributed by atoms with E-state index in [4.69, 9.17) is 11.6 Å². The Morgan fingerprint density at radius 3 is 2.62 bits per heavy atom. The molecule has 6 heteroatoms. The normalized spacial score (nSPS) is 13.6. The summed E-state index contributed by atoms with van der Waals surface area (Å²) >= 11 is 7.24. The van der Waals surface area contributed by atoms with Gasteiger partial charge >= 0.3 is 0 Å². The molecule has 0 aliphatic rings. The van der Waals surface area contributed by atoms with Gasteiger partial charge in [0.05, 0.1) is 10.1 Å². The van der Waals surface area contributed by atoms with Crippen LogP contribution in [0.1, 0.15) is 17.4 Å². The van der Waals surface area contributed by atoms with Gasteiger partial charge in [-0.15, -0.1) is 11.3 Å². The fraction of sp³-hybridized carbons (Fsp3) is 0.267. The van der Waals surface area contributed by atoms with Crippen molar-refractivity contribution in [3.05, 3.63) is 57.2 Å².